The van der Waals surface area contributed by atoms with E-state index in [1.54, 1.807) is 0 Å². The van der Waals surface area contributed by atoms with E-state index < -0.39 is 0 Å². The van der Waals surface area contributed by atoms with Crippen LogP contribution in [0.5, 0.6) is 0 Å². The lowest BCUT2D eigenvalue weighted by Gasteiger charge is -2.36. The van der Waals surface area contributed by atoms with Gasteiger partial charge in [0, 0.05) is 13.3 Å². The SMILES string of the molecule is C=CCCCCCC1=NCC[N+]1(CC)C(C)O. The predicted molar refractivity (Wildman–Crippen MR) is 72.9 cm³/mol. The van der Waals surface area contributed by atoms with Gasteiger partial charge in [0.1, 0.15) is 6.54 Å². The molecule has 0 aromatic carbocycles. The molecule has 1 aliphatic heterocycles. The van der Waals surface area contributed by atoms with Crippen LogP contribution >= 0.6 is 0 Å². The molecular formula is C14H27N2O+. The van der Waals surface area contributed by atoms with Crippen molar-refractivity contribution in [3.8, 4) is 0 Å². The van der Waals surface area contributed by atoms with Crippen LogP contribution in [0, 0.1) is 0 Å². The Balaban J connectivity index is 2.43. The third kappa shape index (κ3) is 3.39. The lowest BCUT2D eigenvalue weighted by Crippen LogP contribution is -2.56. The second-order valence-electron chi connectivity index (χ2n) is 4.89. The lowest BCUT2D eigenvalue weighted by molar-refractivity contribution is -0.882. The standard InChI is InChI=1S/C14H27N2O/c1-4-6-7-8-9-10-14-15-11-12-16(14,5-2)13(3)17/h4,13,17H,1,5-12H2,2-3H3/q+1. The van der Waals surface area contributed by atoms with E-state index in [4.69, 9.17) is 0 Å². The highest BCUT2D eigenvalue weighted by Gasteiger charge is 2.40. The number of amidine groups is 1. The fourth-order valence-corrected chi connectivity index (χ4v) is 2.69. The van der Waals surface area contributed by atoms with Crippen LogP contribution in [0.15, 0.2) is 17.6 Å². The first-order chi connectivity index (χ1) is 8.17. The zero-order valence-electron chi connectivity index (χ0n) is 11.4. The molecule has 0 radical (unpaired) electrons. The molecule has 3 nitrogen and oxygen atoms in total. The fraction of sp³-hybridized carbons (Fsp3) is 0.786. The number of allylic oxidation sites excluding steroid dienone is 1. The largest absolute Gasteiger partial charge is 0.345 e. The van der Waals surface area contributed by atoms with Gasteiger partial charge in [0.15, 0.2) is 6.23 Å². The van der Waals surface area contributed by atoms with Crippen LogP contribution in [0.1, 0.15) is 46.0 Å². The van der Waals surface area contributed by atoms with Gasteiger partial charge in [-0.15, -0.1) is 6.58 Å². The Morgan fingerprint density at radius 1 is 1.47 bits per heavy atom. The normalized spacial score (nSPS) is 25.7. The van der Waals surface area contributed by atoms with Crippen LogP contribution in [0.25, 0.3) is 0 Å². The molecule has 0 fully saturated rings. The molecule has 1 aliphatic rings. The van der Waals surface area contributed by atoms with Gasteiger partial charge >= 0.3 is 0 Å². The minimum Gasteiger partial charge on any atom is -0.345 e. The molecule has 3 heteroatoms. The molecular weight excluding hydrogens is 212 g/mol. The summed E-state index contributed by atoms with van der Waals surface area (Å²) in [6.07, 6.45) is 7.43. The van der Waals surface area contributed by atoms with E-state index in [0.717, 1.165) is 32.5 Å². The summed E-state index contributed by atoms with van der Waals surface area (Å²) in [5.74, 6) is 1.21. The molecule has 0 amide bonds. The van der Waals surface area contributed by atoms with E-state index in [0.29, 0.717) is 4.48 Å². The number of aliphatic hydroxyl groups is 1. The first-order valence-electron chi connectivity index (χ1n) is 6.87. The van der Waals surface area contributed by atoms with Crippen LogP contribution in [0.3, 0.4) is 0 Å². The Kier molecular flexibility index (Phi) is 5.86. The van der Waals surface area contributed by atoms with Gasteiger partial charge in [0.05, 0.1) is 13.1 Å². The van der Waals surface area contributed by atoms with Crippen LogP contribution in [0.2, 0.25) is 0 Å². The van der Waals surface area contributed by atoms with Gasteiger partial charge in [-0.2, -0.15) is 0 Å². The van der Waals surface area contributed by atoms with Crippen molar-refractivity contribution in [3.63, 3.8) is 0 Å². The minimum absolute atomic E-state index is 0.325. The van der Waals surface area contributed by atoms with E-state index in [1.807, 2.05) is 13.0 Å². The maximum Gasteiger partial charge on any atom is 0.200 e. The van der Waals surface area contributed by atoms with E-state index >= 15 is 0 Å². The summed E-state index contributed by atoms with van der Waals surface area (Å²) in [4.78, 5) is 4.61. The third-order valence-corrected chi connectivity index (χ3v) is 3.90. The second-order valence-corrected chi connectivity index (χ2v) is 4.89. The summed E-state index contributed by atoms with van der Waals surface area (Å²) >= 11 is 0. The molecule has 2 unspecified atom stereocenters. The molecule has 0 aromatic rings. The van der Waals surface area contributed by atoms with E-state index in [2.05, 4.69) is 18.5 Å². The molecule has 1 rings (SSSR count). The van der Waals surface area contributed by atoms with Crippen LogP contribution in [-0.4, -0.2) is 41.3 Å². The van der Waals surface area contributed by atoms with Crippen molar-refractivity contribution in [2.75, 3.05) is 19.6 Å². The highest BCUT2D eigenvalue weighted by molar-refractivity contribution is 5.76. The van der Waals surface area contributed by atoms with Crippen LogP contribution in [0.4, 0.5) is 0 Å². The topological polar surface area (TPSA) is 32.6 Å². The summed E-state index contributed by atoms with van der Waals surface area (Å²) in [5, 5.41) is 9.99. The molecule has 2 atom stereocenters. The number of aliphatic imine (C=N–C) groups is 1. The molecule has 0 spiro atoms. The second kappa shape index (κ2) is 6.92. The van der Waals surface area contributed by atoms with E-state index in [9.17, 15) is 5.11 Å². The molecule has 0 aliphatic carbocycles. The minimum atomic E-state index is -0.325. The molecule has 0 aromatic heterocycles. The lowest BCUT2D eigenvalue weighted by atomic mass is 10.1. The summed E-state index contributed by atoms with van der Waals surface area (Å²) in [6.45, 7) is 10.6. The first-order valence-corrected chi connectivity index (χ1v) is 6.87. The van der Waals surface area contributed by atoms with Crippen molar-refractivity contribution in [3.05, 3.63) is 12.7 Å². The van der Waals surface area contributed by atoms with Gasteiger partial charge in [0.25, 0.3) is 0 Å². The van der Waals surface area contributed by atoms with Crippen LogP contribution < -0.4 is 0 Å². The van der Waals surface area contributed by atoms with Crippen molar-refractivity contribution >= 4 is 5.84 Å². The maximum absolute atomic E-state index is 9.99. The summed E-state index contributed by atoms with van der Waals surface area (Å²) in [5.41, 5.74) is 0. The van der Waals surface area contributed by atoms with Gasteiger partial charge < -0.3 is 5.11 Å². The third-order valence-electron chi connectivity index (χ3n) is 3.90. The van der Waals surface area contributed by atoms with Gasteiger partial charge in [0.2, 0.25) is 5.84 Å². The van der Waals surface area contributed by atoms with Gasteiger partial charge in [-0.05, 0) is 26.2 Å². The quantitative estimate of drug-likeness (QED) is 0.394. The molecule has 0 saturated carbocycles. The smallest absolute Gasteiger partial charge is 0.200 e. The van der Waals surface area contributed by atoms with Crippen molar-refractivity contribution in [1.29, 1.82) is 0 Å². The number of unbranched alkanes of at least 4 members (excludes halogenated alkanes) is 3. The molecule has 0 bridgehead atoms. The highest BCUT2D eigenvalue weighted by Crippen LogP contribution is 2.22. The Labute approximate surface area is 105 Å². The number of nitrogens with zero attached hydrogens (tertiary/aromatic N) is 2. The number of aliphatic hydroxyl groups excluding tert-OH is 1. The van der Waals surface area contributed by atoms with E-state index in [-0.39, 0.29) is 6.23 Å². The fourth-order valence-electron chi connectivity index (χ4n) is 2.69. The average molecular weight is 239 g/mol. The van der Waals surface area contributed by atoms with Crippen molar-refractivity contribution in [2.24, 2.45) is 4.99 Å². The molecule has 1 N–H and O–H groups in total. The number of likely N-dealkylation sites (N-methyl/N-ethyl adjacent to an activating group) is 1. The Bertz CT molecular complexity index is 273. The zero-order valence-corrected chi connectivity index (χ0v) is 11.4. The summed E-state index contributed by atoms with van der Waals surface area (Å²) in [6, 6.07) is 0. The zero-order chi connectivity index (χ0) is 12.7. The predicted octanol–water partition coefficient (Wildman–Crippen LogP) is 2.71. The molecule has 17 heavy (non-hydrogen) atoms. The van der Waals surface area contributed by atoms with Crippen molar-refractivity contribution < 1.29 is 9.59 Å². The number of rotatable bonds is 8. The molecule has 1 heterocycles. The first kappa shape index (κ1) is 14.4. The van der Waals surface area contributed by atoms with Crippen LogP contribution in [-0.2, 0) is 0 Å². The molecule has 0 saturated heterocycles. The summed E-state index contributed by atoms with van der Waals surface area (Å²) in [7, 11) is 0. The maximum atomic E-state index is 9.99. The van der Waals surface area contributed by atoms with Crippen molar-refractivity contribution in [2.45, 2.75) is 52.2 Å². The number of hydrogen-bond acceptors (Lipinski definition) is 2. The molecule has 98 valence electrons. The number of quaternary nitrogens is 1. The Morgan fingerprint density at radius 2 is 2.24 bits per heavy atom. The van der Waals surface area contributed by atoms with Crippen molar-refractivity contribution in [1.82, 2.24) is 0 Å². The highest BCUT2D eigenvalue weighted by atomic mass is 16.3. The number of hydrogen-bond donors (Lipinski definition) is 1. The van der Waals surface area contributed by atoms with Gasteiger partial charge in [-0.1, -0.05) is 12.5 Å². The monoisotopic (exact) mass is 239 g/mol. The average Bonchev–Trinajstić information content (AvgIpc) is 2.73. The Morgan fingerprint density at radius 3 is 2.82 bits per heavy atom. The summed E-state index contributed by atoms with van der Waals surface area (Å²) < 4.78 is 0.696. The van der Waals surface area contributed by atoms with Gasteiger partial charge in [-0.25, -0.2) is 4.99 Å². The van der Waals surface area contributed by atoms with E-state index in [1.165, 1.54) is 25.1 Å². The Hall–Kier alpha value is -0.670. The van der Waals surface area contributed by atoms with Gasteiger partial charge in [-0.3, -0.25) is 4.48 Å².